The van der Waals surface area contributed by atoms with Gasteiger partial charge >= 0.3 is 0 Å². The minimum atomic E-state index is -3.31. The number of aromatic nitrogens is 2. The molecule has 2 N–H and O–H groups in total. The topological polar surface area (TPSA) is 78.0 Å². The number of anilines is 1. The number of nitrogen functional groups attached to an aromatic ring is 1. The normalized spacial score (nSPS) is 12.1. The summed E-state index contributed by atoms with van der Waals surface area (Å²) in [6.45, 7) is 0. The van der Waals surface area contributed by atoms with Crippen molar-refractivity contribution in [3.8, 4) is 0 Å². The van der Waals surface area contributed by atoms with Crippen LogP contribution in [0, 0.1) is 0 Å². The zero-order chi connectivity index (χ0) is 11.2. The van der Waals surface area contributed by atoms with E-state index in [0.717, 1.165) is 11.6 Å². The maximum Gasteiger partial charge on any atom is 0.179 e. The molecule has 0 aliphatic rings. The summed E-state index contributed by atoms with van der Waals surface area (Å²) in [6, 6.07) is 3.35. The van der Waals surface area contributed by atoms with E-state index in [2.05, 4.69) is 4.98 Å². The van der Waals surface area contributed by atoms with Gasteiger partial charge in [0, 0.05) is 24.9 Å². The summed E-state index contributed by atoms with van der Waals surface area (Å²) in [5, 5.41) is 0.770. The molecule has 5 nitrogen and oxygen atoms in total. The second-order valence-electron chi connectivity index (χ2n) is 3.48. The molecule has 6 heteroatoms. The van der Waals surface area contributed by atoms with Crippen LogP contribution in [0.5, 0.6) is 0 Å². The first-order valence-corrected chi connectivity index (χ1v) is 6.20. The summed E-state index contributed by atoms with van der Waals surface area (Å²) in [4.78, 5) is 4.15. The number of pyridine rings is 1. The summed E-state index contributed by atoms with van der Waals surface area (Å²) in [5.74, 6) is 0.0480. The molecule has 0 bridgehead atoms. The highest BCUT2D eigenvalue weighted by molar-refractivity contribution is 7.90. The predicted octanol–water partition coefficient (Wildman–Crippen LogP) is 0.559. The third-order valence-corrected chi connectivity index (χ3v) is 3.36. The van der Waals surface area contributed by atoms with E-state index in [1.807, 2.05) is 13.2 Å². The van der Waals surface area contributed by atoms with Crippen LogP contribution >= 0.6 is 0 Å². The van der Waals surface area contributed by atoms with Crippen LogP contribution in [0.3, 0.4) is 0 Å². The maximum atomic E-state index is 11.4. The molecule has 2 aromatic rings. The highest BCUT2D eigenvalue weighted by Gasteiger charge is 2.14. The zero-order valence-electron chi connectivity index (χ0n) is 8.43. The van der Waals surface area contributed by atoms with Gasteiger partial charge in [0.25, 0.3) is 0 Å². The molecule has 0 amide bonds. The van der Waals surface area contributed by atoms with Crippen molar-refractivity contribution >= 4 is 26.7 Å². The molecule has 0 aromatic carbocycles. The van der Waals surface area contributed by atoms with Gasteiger partial charge < -0.3 is 10.3 Å². The molecule has 0 radical (unpaired) electrons. The second kappa shape index (κ2) is 2.96. The zero-order valence-corrected chi connectivity index (χ0v) is 9.25. The van der Waals surface area contributed by atoms with E-state index in [-0.39, 0.29) is 10.7 Å². The van der Waals surface area contributed by atoms with Crippen molar-refractivity contribution in [2.24, 2.45) is 7.05 Å². The first-order valence-electron chi connectivity index (χ1n) is 4.31. The number of fused-ring (bicyclic) bond motifs is 1. The lowest BCUT2D eigenvalue weighted by Gasteiger charge is -2.03. The van der Waals surface area contributed by atoms with Gasteiger partial charge in [-0.05, 0) is 12.1 Å². The summed E-state index contributed by atoms with van der Waals surface area (Å²) >= 11 is 0. The molecule has 0 fully saturated rings. The summed E-state index contributed by atoms with van der Waals surface area (Å²) in [7, 11) is -1.48. The lowest BCUT2D eigenvalue weighted by molar-refractivity contribution is 0.602. The van der Waals surface area contributed by atoms with Gasteiger partial charge in [0.15, 0.2) is 9.84 Å². The average molecular weight is 225 g/mol. The smallest absolute Gasteiger partial charge is 0.179 e. The summed E-state index contributed by atoms with van der Waals surface area (Å²) in [5.41, 5.74) is 6.28. The number of hydrogen-bond donors (Lipinski definition) is 1. The van der Waals surface area contributed by atoms with Crippen LogP contribution in [0.25, 0.3) is 11.0 Å². The molecular formula is C9H11N3O2S. The molecule has 0 spiro atoms. The fraction of sp³-hybridized carbons (Fsp3) is 0.222. The summed E-state index contributed by atoms with van der Waals surface area (Å²) < 4.78 is 24.5. The Kier molecular flexibility index (Phi) is 1.97. The number of rotatable bonds is 1. The number of nitrogens with two attached hydrogens (primary N) is 1. The van der Waals surface area contributed by atoms with Crippen molar-refractivity contribution in [2.75, 3.05) is 12.0 Å². The quantitative estimate of drug-likeness (QED) is 0.769. The Bertz CT molecular complexity index is 628. The first kappa shape index (κ1) is 9.97. The molecule has 0 saturated carbocycles. The van der Waals surface area contributed by atoms with Gasteiger partial charge in [-0.2, -0.15) is 0 Å². The van der Waals surface area contributed by atoms with Crippen molar-refractivity contribution < 1.29 is 8.42 Å². The Morgan fingerprint density at radius 1 is 1.47 bits per heavy atom. The van der Waals surface area contributed by atoms with Crippen LogP contribution < -0.4 is 5.73 Å². The summed E-state index contributed by atoms with van der Waals surface area (Å²) in [6.07, 6.45) is 2.93. The van der Waals surface area contributed by atoms with E-state index in [4.69, 9.17) is 5.73 Å². The minimum absolute atomic E-state index is 0.0480. The van der Waals surface area contributed by atoms with Gasteiger partial charge in [-0.1, -0.05) is 0 Å². The third-order valence-electron chi connectivity index (χ3n) is 2.23. The number of aryl methyl sites for hydroxylation is 1. The molecule has 0 saturated heterocycles. The standard InChI is InChI=1S/C9H11N3O2S/c1-12-4-3-6-5-7(15(2,13)14)8(10)11-9(6)12/h3-5H,1-2H3,(H2,10,11). The van der Waals surface area contributed by atoms with E-state index in [9.17, 15) is 8.42 Å². The highest BCUT2D eigenvalue weighted by atomic mass is 32.2. The molecule has 0 unspecified atom stereocenters. The van der Waals surface area contributed by atoms with E-state index >= 15 is 0 Å². The molecular weight excluding hydrogens is 214 g/mol. The molecule has 0 aliphatic carbocycles. The minimum Gasteiger partial charge on any atom is -0.383 e. The Morgan fingerprint density at radius 3 is 2.73 bits per heavy atom. The highest BCUT2D eigenvalue weighted by Crippen LogP contribution is 2.22. The lowest BCUT2D eigenvalue weighted by atomic mass is 10.3. The fourth-order valence-corrected chi connectivity index (χ4v) is 2.24. The number of nitrogens with zero attached hydrogens (tertiary/aromatic N) is 2. The van der Waals surface area contributed by atoms with Gasteiger partial charge in [-0.25, -0.2) is 13.4 Å². The van der Waals surface area contributed by atoms with E-state index in [1.165, 1.54) is 0 Å². The van der Waals surface area contributed by atoms with Gasteiger partial charge in [0.1, 0.15) is 16.4 Å². The predicted molar refractivity (Wildman–Crippen MR) is 58.2 cm³/mol. The number of sulfone groups is 1. The molecule has 0 atom stereocenters. The Balaban J connectivity index is 2.86. The van der Waals surface area contributed by atoms with Crippen LogP contribution in [0.4, 0.5) is 5.82 Å². The monoisotopic (exact) mass is 225 g/mol. The molecule has 0 aliphatic heterocycles. The Morgan fingerprint density at radius 2 is 2.13 bits per heavy atom. The van der Waals surface area contributed by atoms with Crippen LogP contribution in [0.15, 0.2) is 23.2 Å². The first-order chi connectivity index (χ1) is 6.89. The second-order valence-corrected chi connectivity index (χ2v) is 5.47. The fourth-order valence-electron chi connectivity index (χ4n) is 1.48. The van der Waals surface area contributed by atoms with Crippen LogP contribution in [-0.4, -0.2) is 24.2 Å². The molecule has 80 valence electrons. The Labute approximate surface area is 87.4 Å². The van der Waals surface area contributed by atoms with Gasteiger partial charge in [0.2, 0.25) is 0 Å². The molecule has 2 rings (SSSR count). The van der Waals surface area contributed by atoms with Gasteiger partial charge in [0.05, 0.1) is 0 Å². The van der Waals surface area contributed by atoms with Crippen molar-refractivity contribution in [2.45, 2.75) is 4.90 Å². The van der Waals surface area contributed by atoms with Gasteiger partial charge in [-0.15, -0.1) is 0 Å². The number of hydrogen-bond acceptors (Lipinski definition) is 4. The molecule has 2 heterocycles. The van der Waals surface area contributed by atoms with E-state index in [1.54, 1.807) is 16.7 Å². The van der Waals surface area contributed by atoms with Crippen molar-refractivity contribution in [3.63, 3.8) is 0 Å². The Hall–Kier alpha value is -1.56. The third kappa shape index (κ3) is 1.56. The largest absolute Gasteiger partial charge is 0.383 e. The van der Waals surface area contributed by atoms with Crippen LogP contribution in [-0.2, 0) is 16.9 Å². The van der Waals surface area contributed by atoms with Crippen LogP contribution in [0.1, 0.15) is 0 Å². The van der Waals surface area contributed by atoms with E-state index in [0.29, 0.717) is 5.65 Å². The van der Waals surface area contributed by atoms with E-state index < -0.39 is 9.84 Å². The molecule has 15 heavy (non-hydrogen) atoms. The van der Waals surface area contributed by atoms with Crippen molar-refractivity contribution in [1.82, 2.24) is 9.55 Å². The maximum absolute atomic E-state index is 11.4. The van der Waals surface area contributed by atoms with Crippen molar-refractivity contribution in [1.29, 1.82) is 0 Å². The SMILES string of the molecule is Cn1ccc2cc(S(C)(=O)=O)c(N)nc21. The molecule has 2 aromatic heterocycles. The average Bonchev–Trinajstić information content (AvgIpc) is 2.45. The van der Waals surface area contributed by atoms with Crippen LogP contribution in [0.2, 0.25) is 0 Å². The van der Waals surface area contributed by atoms with Gasteiger partial charge in [-0.3, -0.25) is 0 Å². The lowest BCUT2D eigenvalue weighted by Crippen LogP contribution is -2.05. The van der Waals surface area contributed by atoms with Crippen molar-refractivity contribution in [3.05, 3.63) is 18.3 Å².